The molecule has 4 nitrogen and oxygen atoms in total. The summed E-state index contributed by atoms with van der Waals surface area (Å²) in [5.41, 5.74) is 5.68. The van der Waals surface area contributed by atoms with Crippen molar-refractivity contribution in [3.63, 3.8) is 0 Å². The molecule has 1 aliphatic heterocycles. The van der Waals surface area contributed by atoms with Crippen LogP contribution < -0.4 is 15.2 Å². The molecule has 2 rings (SSSR count). The fourth-order valence-electron chi connectivity index (χ4n) is 2.40. The standard InChI is InChI=1S/C15H24N2O2.ClH/c1-2-18-14-3-5-15(6-4-14)19-10-9-17-8-7-13(11-16)12-17;/h3-6,13H,2,7-12,16H2,1H3;1H. The highest BCUT2D eigenvalue weighted by molar-refractivity contribution is 5.85. The normalized spacial score (nSPS) is 18.6. The van der Waals surface area contributed by atoms with Crippen molar-refractivity contribution in [2.45, 2.75) is 13.3 Å². The molecule has 1 fully saturated rings. The highest BCUT2D eigenvalue weighted by Crippen LogP contribution is 2.18. The van der Waals surface area contributed by atoms with Gasteiger partial charge in [0.25, 0.3) is 0 Å². The Labute approximate surface area is 127 Å². The molecule has 0 aromatic heterocycles. The summed E-state index contributed by atoms with van der Waals surface area (Å²) >= 11 is 0. The molecule has 1 aliphatic rings. The van der Waals surface area contributed by atoms with E-state index in [0.29, 0.717) is 12.5 Å². The number of halogens is 1. The molecule has 1 atom stereocenters. The Kier molecular flexibility index (Phi) is 7.73. The van der Waals surface area contributed by atoms with E-state index in [2.05, 4.69) is 4.90 Å². The molecule has 5 heteroatoms. The van der Waals surface area contributed by atoms with Gasteiger partial charge in [0.2, 0.25) is 0 Å². The summed E-state index contributed by atoms with van der Waals surface area (Å²) in [6.07, 6.45) is 1.22. The number of nitrogens with zero attached hydrogens (tertiary/aromatic N) is 1. The molecule has 0 spiro atoms. The molecule has 1 aromatic rings. The maximum atomic E-state index is 5.74. The number of nitrogens with two attached hydrogens (primary N) is 1. The molecule has 0 amide bonds. The molecule has 1 unspecified atom stereocenters. The quantitative estimate of drug-likeness (QED) is 0.838. The van der Waals surface area contributed by atoms with Crippen LogP contribution in [0.3, 0.4) is 0 Å². The molecule has 0 aliphatic carbocycles. The van der Waals surface area contributed by atoms with Crippen molar-refractivity contribution < 1.29 is 9.47 Å². The van der Waals surface area contributed by atoms with Crippen LogP contribution in [-0.4, -0.2) is 44.3 Å². The lowest BCUT2D eigenvalue weighted by molar-refractivity contribution is 0.233. The fourth-order valence-corrected chi connectivity index (χ4v) is 2.40. The second kappa shape index (κ2) is 9.06. The molecule has 1 aromatic carbocycles. The maximum Gasteiger partial charge on any atom is 0.119 e. The van der Waals surface area contributed by atoms with Gasteiger partial charge in [-0.25, -0.2) is 0 Å². The van der Waals surface area contributed by atoms with E-state index in [1.54, 1.807) is 0 Å². The monoisotopic (exact) mass is 300 g/mol. The number of hydrogen-bond acceptors (Lipinski definition) is 4. The van der Waals surface area contributed by atoms with E-state index in [1.165, 1.54) is 6.42 Å². The first-order valence-electron chi connectivity index (χ1n) is 7.10. The van der Waals surface area contributed by atoms with Gasteiger partial charge in [0.05, 0.1) is 6.61 Å². The number of ether oxygens (including phenoxy) is 2. The predicted octanol–water partition coefficient (Wildman–Crippen LogP) is 2.17. The van der Waals surface area contributed by atoms with Crippen molar-refractivity contribution in [3.05, 3.63) is 24.3 Å². The van der Waals surface area contributed by atoms with Gasteiger partial charge in [-0.2, -0.15) is 0 Å². The van der Waals surface area contributed by atoms with E-state index in [9.17, 15) is 0 Å². The maximum absolute atomic E-state index is 5.74. The molecule has 20 heavy (non-hydrogen) atoms. The summed E-state index contributed by atoms with van der Waals surface area (Å²) < 4.78 is 11.1. The average molecular weight is 301 g/mol. The van der Waals surface area contributed by atoms with Gasteiger partial charge in [-0.3, -0.25) is 4.90 Å². The second-order valence-corrected chi connectivity index (χ2v) is 4.94. The zero-order chi connectivity index (χ0) is 13.5. The Bertz CT molecular complexity index is 373. The lowest BCUT2D eigenvalue weighted by atomic mass is 10.1. The Morgan fingerprint density at radius 1 is 1.20 bits per heavy atom. The van der Waals surface area contributed by atoms with Crippen LogP contribution in [0.2, 0.25) is 0 Å². The van der Waals surface area contributed by atoms with Gasteiger partial charge in [0.1, 0.15) is 18.1 Å². The van der Waals surface area contributed by atoms with Crippen LogP contribution in [0.5, 0.6) is 11.5 Å². The Hall–Kier alpha value is -0.970. The predicted molar refractivity (Wildman–Crippen MR) is 84.0 cm³/mol. The third kappa shape index (κ3) is 5.19. The Morgan fingerprint density at radius 2 is 1.85 bits per heavy atom. The van der Waals surface area contributed by atoms with E-state index in [0.717, 1.165) is 44.3 Å². The minimum absolute atomic E-state index is 0. The van der Waals surface area contributed by atoms with Crippen LogP contribution in [0.15, 0.2) is 24.3 Å². The SMILES string of the molecule is CCOc1ccc(OCCN2CCC(CN)C2)cc1.Cl. The summed E-state index contributed by atoms with van der Waals surface area (Å²) in [4.78, 5) is 2.42. The number of benzene rings is 1. The highest BCUT2D eigenvalue weighted by Gasteiger charge is 2.20. The molecule has 1 heterocycles. The molecule has 0 radical (unpaired) electrons. The first-order chi connectivity index (χ1) is 9.31. The van der Waals surface area contributed by atoms with Gasteiger partial charge in [-0.15, -0.1) is 12.4 Å². The summed E-state index contributed by atoms with van der Waals surface area (Å²) in [6, 6.07) is 7.80. The minimum atomic E-state index is 0. The molecular formula is C15H25ClN2O2. The first-order valence-corrected chi connectivity index (χ1v) is 7.10. The van der Waals surface area contributed by atoms with E-state index < -0.39 is 0 Å². The van der Waals surface area contributed by atoms with Crippen LogP contribution in [0.4, 0.5) is 0 Å². The van der Waals surface area contributed by atoms with Crippen molar-refractivity contribution in [3.8, 4) is 11.5 Å². The van der Waals surface area contributed by atoms with Crippen molar-refractivity contribution in [2.24, 2.45) is 11.7 Å². The van der Waals surface area contributed by atoms with Gasteiger partial charge in [0.15, 0.2) is 0 Å². The molecular weight excluding hydrogens is 276 g/mol. The smallest absolute Gasteiger partial charge is 0.119 e. The molecule has 0 bridgehead atoms. The summed E-state index contributed by atoms with van der Waals surface area (Å²) in [6.45, 7) is 7.44. The largest absolute Gasteiger partial charge is 0.494 e. The second-order valence-electron chi connectivity index (χ2n) is 4.94. The van der Waals surface area contributed by atoms with Gasteiger partial charge in [0, 0.05) is 13.1 Å². The third-order valence-electron chi connectivity index (χ3n) is 3.51. The fraction of sp³-hybridized carbons (Fsp3) is 0.600. The van der Waals surface area contributed by atoms with E-state index in [-0.39, 0.29) is 12.4 Å². The van der Waals surface area contributed by atoms with Crippen LogP contribution in [0.1, 0.15) is 13.3 Å². The number of hydrogen-bond donors (Lipinski definition) is 1. The van der Waals surface area contributed by atoms with Crippen LogP contribution in [-0.2, 0) is 0 Å². The summed E-state index contributed by atoms with van der Waals surface area (Å²) in [5, 5.41) is 0. The van der Waals surface area contributed by atoms with Crippen molar-refractivity contribution >= 4 is 12.4 Å². The molecule has 2 N–H and O–H groups in total. The van der Waals surface area contributed by atoms with Crippen LogP contribution >= 0.6 is 12.4 Å². The van der Waals surface area contributed by atoms with Crippen LogP contribution in [0, 0.1) is 5.92 Å². The Morgan fingerprint density at radius 3 is 2.40 bits per heavy atom. The van der Waals surface area contributed by atoms with Crippen molar-refractivity contribution in [2.75, 3.05) is 39.4 Å². The number of rotatable bonds is 7. The van der Waals surface area contributed by atoms with Gasteiger partial charge in [-0.05, 0) is 56.6 Å². The molecule has 114 valence electrons. The summed E-state index contributed by atoms with van der Waals surface area (Å²) in [7, 11) is 0. The van der Waals surface area contributed by atoms with Gasteiger partial charge in [-0.1, -0.05) is 0 Å². The minimum Gasteiger partial charge on any atom is -0.494 e. The first kappa shape index (κ1) is 17.1. The van der Waals surface area contributed by atoms with Gasteiger partial charge < -0.3 is 15.2 Å². The zero-order valence-electron chi connectivity index (χ0n) is 12.1. The molecule has 0 saturated carbocycles. The average Bonchev–Trinajstić information content (AvgIpc) is 2.89. The molecule has 1 saturated heterocycles. The summed E-state index contributed by atoms with van der Waals surface area (Å²) in [5.74, 6) is 2.46. The lowest BCUT2D eigenvalue weighted by Crippen LogP contribution is -2.27. The van der Waals surface area contributed by atoms with Crippen molar-refractivity contribution in [1.29, 1.82) is 0 Å². The Balaban J connectivity index is 0.00000200. The van der Waals surface area contributed by atoms with Gasteiger partial charge >= 0.3 is 0 Å². The van der Waals surface area contributed by atoms with E-state index in [1.807, 2.05) is 31.2 Å². The third-order valence-corrected chi connectivity index (χ3v) is 3.51. The lowest BCUT2D eigenvalue weighted by Gasteiger charge is -2.16. The highest BCUT2D eigenvalue weighted by atomic mass is 35.5. The van der Waals surface area contributed by atoms with Crippen LogP contribution in [0.25, 0.3) is 0 Å². The topological polar surface area (TPSA) is 47.7 Å². The zero-order valence-corrected chi connectivity index (χ0v) is 12.9. The number of likely N-dealkylation sites (tertiary alicyclic amines) is 1. The van der Waals surface area contributed by atoms with Crippen molar-refractivity contribution in [1.82, 2.24) is 4.90 Å². The van der Waals surface area contributed by atoms with E-state index >= 15 is 0 Å². The van der Waals surface area contributed by atoms with E-state index in [4.69, 9.17) is 15.2 Å².